The summed E-state index contributed by atoms with van der Waals surface area (Å²) in [5, 5.41) is 6.20. The second kappa shape index (κ2) is 6.58. The number of hydrogen-bond acceptors (Lipinski definition) is 2. The first-order valence-corrected chi connectivity index (χ1v) is 9.29. The first-order chi connectivity index (χ1) is 13.0. The Bertz CT molecular complexity index is 1170. The number of carbonyl (C=O) groups is 1. The van der Waals surface area contributed by atoms with Crippen LogP contribution in [-0.4, -0.2) is 5.91 Å². The zero-order valence-electron chi connectivity index (χ0n) is 16.1. The van der Waals surface area contributed by atoms with Crippen molar-refractivity contribution in [2.75, 3.05) is 5.32 Å². The third-order valence-electron chi connectivity index (χ3n) is 5.20. The number of amides is 1. The fourth-order valence-corrected chi connectivity index (χ4v) is 3.68. The van der Waals surface area contributed by atoms with Gasteiger partial charge in [-0.3, -0.25) is 4.79 Å². The molecule has 4 aromatic rings. The summed E-state index contributed by atoms with van der Waals surface area (Å²) >= 11 is 0. The molecule has 0 unspecified atom stereocenters. The molecule has 1 amide bonds. The van der Waals surface area contributed by atoms with Gasteiger partial charge in [0.25, 0.3) is 5.91 Å². The van der Waals surface area contributed by atoms with Crippen LogP contribution in [0.25, 0.3) is 21.7 Å². The Hall–Kier alpha value is -3.07. The Morgan fingerprint density at radius 3 is 2.48 bits per heavy atom. The molecule has 3 aromatic carbocycles. The van der Waals surface area contributed by atoms with Crippen molar-refractivity contribution in [3.8, 4) is 0 Å². The van der Waals surface area contributed by atoms with Crippen LogP contribution in [0.15, 0.2) is 59.0 Å². The Morgan fingerprint density at radius 2 is 1.70 bits per heavy atom. The molecule has 0 atom stereocenters. The maximum absolute atomic E-state index is 13.1. The zero-order valence-corrected chi connectivity index (χ0v) is 16.1. The lowest BCUT2D eigenvalue weighted by molar-refractivity contribution is 0.0998. The highest BCUT2D eigenvalue weighted by Gasteiger charge is 2.21. The summed E-state index contributed by atoms with van der Waals surface area (Å²) in [6.45, 7) is 8.21. The molecule has 3 heteroatoms. The van der Waals surface area contributed by atoms with Crippen molar-refractivity contribution in [1.29, 1.82) is 0 Å². The average Bonchev–Trinajstić information content (AvgIpc) is 3.00. The number of nitrogens with one attached hydrogen (secondary N) is 1. The second-order valence-electron chi connectivity index (χ2n) is 7.37. The SMILES string of the molecule is Cc1cccc(C(C)C)c1NC(=O)c1oc2c(ccc3ccccc32)c1C. The molecule has 4 rings (SSSR count). The van der Waals surface area contributed by atoms with E-state index in [1.165, 1.54) is 0 Å². The van der Waals surface area contributed by atoms with Crippen molar-refractivity contribution in [3.63, 3.8) is 0 Å². The number of furan rings is 1. The van der Waals surface area contributed by atoms with Gasteiger partial charge in [-0.2, -0.15) is 0 Å². The molecule has 0 aliphatic rings. The van der Waals surface area contributed by atoms with E-state index in [-0.39, 0.29) is 5.91 Å². The minimum atomic E-state index is -0.205. The van der Waals surface area contributed by atoms with Gasteiger partial charge in [0, 0.05) is 22.0 Å². The molecule has 27 heavy (non-hydrogen) atoms. The number of carbonyl (C=O) groups excluding carboxylic acids is 1. The number of para-hydroxylation sites is 1. The smallest absolute Gasteiger partial charge is 0.291 e. The average molecular weight is 357 g/mol. The van der Waals surface area contributed by atoms with Crippen LogP contribution in [0.2, 0.25) is 0 Å². The van der Waals surface area contributed by atoms with Gasteiger partial charge in [0.1, 0.15) is 5.58 Å². The van der Waals surface area contributed by atoms with Gasteiger partial charge in [0.15, 0.2) is 5.76 Å². The molecule has 0 aliphatic carbocycles. The predicted molar refractivity (Wildman–Crippen MR) is 112 cm³/mol. The highest BCUT2D eigenvalue weighted by Crippen LogP contribution is 2.33. The van der Waals surface area contributed by atoms with Crippen molar-refractivity contribution < 1.29 is 9.21 Å². The van der Waals surface area contributed by atoms with Crippen molar-refractivity contribution in [2.45, 2.75) is 33.6 Å². The maximum Gasteiger partial charge on any atom is 0.291 e. The third kappa shape index (κ3) is 2.89. The highest BCUT2D eigenvalue weighted by atomic mass is 16.3. The van der Waals surface area contributed by atoms with E-state index in [1.54, 1.807) is 0 Å². The first-order valence-electron chi connectivity index (χ1n) is 9.29. The van der Waals surface area contributed by atoms with E-state index < -0.39 is 0 Å². The summed E-state index contributed by atoms with van der Waals surface area (Å²) in [5.74, 6) is 0.490. The molecule has 0 saturated carbocycles. The molecule has 0 saturated heterocycles. The summed E-state index contributed by atoms with van der Waals surface area (Å²) in [5.41, 5.74) is 4.69. The van der Waals surface area contributed by atoms with Gasteiger partial charge in [-0.1, -0.05) is 68.4 Å². The number of hydrogen-bond donors (Lipinski definition) is 1. The van der Waals surface area contributed by atoms with Gasteiger partial charge >= 0.3 is 0 Å². The molecule has 0 bridgehead atoms. The van der Waals surface area contributed by atoms with Crippen LogP contribution in [0.3, 0.4) is 0 Å². The maximum atomic E-state index is 13.1. The van der Waals surface area contributed by atoms with Crippen molar-refractivity contribution in [2.24, 2.45) is 0 Å². The molecule has 1 aromatic heterocycles. The van der Waals surface area contributed by atoms with Crippen LogP contribution in [-0.2, 0) is 0 Å². The van der Waals surface area contributed by atoms with Crippen molar-refractivity contribution in [1.82, 2.24) is 0 Å². The van der Waals surface area contributed by atoms with Crippen LogP contribution < -0.4 is 5.32 Å². The molecule has 136 valence electrons. The van der Waals surface area contributed by atoms with E-state index in [9.17, 15) is 4.79 Å². The number of fused-ring (bicyclic) bond motifs is 3. The fraction of sp³-hybridized carbons (Fsp3) is 0.208. The van der Waals surface area contributed by atoms with Crippen LogP contribution in [0.5, 0.6) is 0 Å². The van der Waals surface area contributed by atoms with Gasteiger partial charge in [0.2, 0.25) is 0 Å². The molecule has 0 aliphatic heterocycles. The number of rotatable bonds is 3. The Balaban J connectivity index is 1.81. The van der Waals surface area contributed by atoms with E-state index in [0.29, 0.717) is 11.7 Å². The van der Waals surface area contributed by atoms with Crippen LogP contribution >= 0.6 is 0 Å². The van der Waals surface area contributed by atoms with Gasteiger partial charge in [-0.15, -0.1) is 0 Å². The van der Waals surface area contributed by atoms with Crippen LogP contribution in [0, 0.1) is 13.8 Å². The molecular weight excluding hydrogens is 334 g/mol. The lowest BCUT2D eigenvalue weighted by atomic mass is 9.98. The predicted octanol–water partition coefficient (Wildman–Crippen LogP) is 6.58. The summed E-state index contributed by atoms with van der Waals surface area (Å²) < 4.78 is 6.07. The zero-order chi connectivity index (χ0) is 19.1. The molecule has 0 spiro atoms. The van der Waals surface area contributed by atoms with E-state index in [1.807, 2.05) is 50.2 Å². The van der Waals surface area contributed by atoms with Crippen LogP contribution in [0.1, 0.15) is 47.0 Å². The number of aryl methyl sites for hydroxylation is 2. The first kappa shape index (κ1) is 17.3. The normalized spacial score (nSPS) is 11.4. The van der Waals surface area contributed by atoms with Crippen LogP contribution in [0.4, 0.5) is 5.69 Å². The molecule has 0 radical (unpaired) electrons. The largest absolute Gasteiger partial charge is 0.450 e. The van der Waals surface area contributed by atoms with Gasteiger partial charge in [0.05, 0.1) is 0 Å². The van der Waals surface area contributed by atoms with Crippen molar-refractivity contribution >= 4 is 33.3 Å². The summed E-state index contributed by atoms with van der Waals surface area (Å²) in [4.78, 5) is 13.1. The summed E-state index contributed by atoms with van der Waals surface area (Å²) in [6.07, 6.45) is 0. The Labute approximate surface area is 159 Å². The lowest BCUT2D eigenvalue weighted by Gasteiger charge is -2.16. The number of anilines is 1. The summed E-state index contributed by atoms with van der Waals surface area (Å²) in [7, 11) is 0. The van der Waals surface area contributed by atoms with Gasteiger partial charge in [-0.05, 0) is 36.3 Å². The molecular formula is C24H23NO2. The van der Waals surface area contributed by atoms with E-state index >= 15 is 0 Å². The summed E-state index contributed by atoms with van der Waals surface area (Å²) in [6, 6.07) is 18.3. The van der Waals surface area contributed by atoms with E-state index in [4.69, 9.17) is 4.42 Å². The minimum Gasteiger partial charge on any atom is -0.450 e. The molecule has 1 N–H and O–H groups in total. The second-order valence-corrected chi connectivity index (χ2v) is 7.37. The minimum absolute atomic E-state index is 0.205. The topological polar surface area (TPSA) is 42.2 Å². The molecule has 3 nitrogen and oxygen atoms in total. The standard InChI is InChI=1S/C24H23NO2/c1-14(2)18-11-7-8-15(3)21(18)25-24(26)22-16(4)19-13-12-17-9-5-6-10-20(17)23(19)27-22/h5-14H,1-4H3,(H,25,26). The molecule has 0 fully saturated rings. The fourth-order valence-electron chi connectivity index (χ4n) is 3.68. The lowest BCUT2D eigenvalue weighted by Crippen LogP contribution is -2.15. The van der Waals surface area contributed by atoms with Gasteiger partial charge < -0.3 is 9.73 Å². The Kier molecular flexibility index (Phi) is 4.23. The third-order valence-corrected chi connectivity index (χ3v) is 5.20. The van der Waals surface area contributed by atoms with E-state index in [0.717, 1.165) is 44.1 Å². The monoisotopic (exact) mass is 357 g/mol. The highest BCUT2D eigenvalue weighted by molar-refractivity contribution is 6.11. The van der Waals surface area contributed by atoms with Gasteiger partial charge in [-0.25, -0.2) is 0 Å². The Morgan fingerprint density at radius 1 is 0.926 bits per heavy atom. The van der Waals surface area contributed by atoms with Crippen molar-refractivity contribution in [3.05, 3.63) is 77.0 Å². The van der Waals surface area contributed by atoms with E-state index in [2.05, 4.69) is 37.4 Å². The quantitative estimate of drug-likeness (QED) is 0.450. The number of benzene rings is 3. The molecule has 1 heterocycles.